The summed E-state index contributed by atoms with van der Waals surface area (Å²) in [5.41, 5.74) is 5.54. The Balaban J connectivity index is 3.28. The van der Waals surface area contributed by atoms with E-state index in [1.807, 2.05) is 13.8 Å². The van der Waals surface area contributed by atoms with Gasteiger partial charge in [0.05, 0.1) is 0 Å². The minimum Gasteiger partial charge on any atom is -0.325 e. The summed E-state index contributed by atoms with van der Waals surface area (Å²) in [7, 11) is -0.723. The van der Waals surface area contributed by atoms with E-state index in [0.717, 1.165) is 12.2 Å². The average molecular weight is 247 g/mol. The number of hydrogen-bond donors (Lipinski definition) is 1. The van der Waals surface area contributed by atoms with Gasteiger partial charge >= 0.3 is 0 Å². The summed E-state index contributed by atoms with van der Waals surface area (Å²) >= 11 is 0. The number of unbranched alkanes of at least 4 members (excludes halogenated alkanes) is 6. The molecule has 1 unspecified atom stereocenters. The molecule has 16 heavy (non-hydrogen) atoms. The molecule has 0 spiro atoms. The first kappa shape index (κ1) is 16.1. The highest BCUT2D eigenvalue weighted by Gasteiger charge is 2.14. The van der Waals surface area contributed by atoms with Gasteiger partial charge in [0.15, 0.2) is 0 Å². The molecule has 0 aliphatic rings. The summed E-state index contributed by atoms with van der Waals surface area (Å²) < 4.78 is 11.6. The van der Waals surface area contributed by atoms with Crippen LogP contribution in [0.4, 0.5) is 0 Å². The first-order valence-electron chi connectivity index (χ1n) is 6.59. The molecule has 2 N–H and O–H groups in total. The van der Waals surface area contributed by atoms with Crippen molar-refractivity contribution in [2.45, 2.75) is 71.3 Å². The fourth-order valence-electron chi connectivity index (χ4n) is 1.71. The quantitative estimate of drug-likeness (QED) is 0.602. The Labute approximate surface area is 104 Å². The molecule has 98 valence electrons. The molecule has 0 rings (SSSR count). The zero-order valence-corrected chi connectivity index (χ0v) is 12.1. The van der Waals surface area contributed by atoms with Gasteiger partial charge in [-0.1, -0.05) is 45.4 Å². The molecule has 0 aromatic carbocycles. The van der Waals surface area contributed by atoms with E-state index in [9.17, 15) is 4.21 Å². The Morgan fingerprint density at radius 1 is 1.00 bits per heavy atom. The summed E-state index contributed by atoms with van der Waals surface area (Å²) in [6.07, 6.45) is 8.96. The second kappa shape index (κ2) is 9.17. The van der Waals surface area contributed by atoms with Gasteiger partial charge in [-0.2, -0.15) is 0 Å². The smallest absolute Gasteiger partial charge is 0.0409 e. The highest BCUT2D eigenvalue weighted by atomic mass is 32.2. The summed E-state index contributed by atoms with van der Waals surface area (Å²) in [6, 6.07) is 0. The lowest BCUT2D eigenvalue weighted by molar-refractivity contribution is 0.574. The van der Waals surface area contributed by atoms with Gasteiger partial charge in [-0.25, -0.2) is 0 Å². The highest BCUT2D eigenvalue weighted by molar-refractivity contribution is 7.85. The third-order valence-corrected chi connectivity index (χ3v) is 4.32. The molecule has 2 nitrogen and oxygen atoms in total. The molecule has 0 amide bonds. The van der Waals surface area contributed by atoms with Gasteiger partial charge in [0, 0.05) is 27.8 Å². The zero-order chi connectivity index (χ0) is 12.4. The maximum absolute atomic E-state index is 11.6. The Morgan fingerprint density at radius 3 is 2.00 bits per heavy atom. The minimum atomic E-state index is -0.723. The van der Waals surface area contributed by atoms with Crippen LogP contribution in [0.25, 0.3) is 0 Å². The van der Waals surface area contributed by atoms with Gasteiger partial charge in [0.1, 0.15) is 0 Å². The average Bonchev–Trinajstić information content (AvgIpc) is 2.13. The lowest BCUT2D eigenvalue weighted by atomic mass is 10.1. The van der Waals surface area contributed by atoms with E-state index in [1.165, 1.54) is 38.5 Å². The molecule has 0 aromatic rings. The van der Waals surface area contributed by atoms with Crippen LogP contribution in [0, 0.1) is 0 Å². The number of rotatable bonds is 10. The first-order chi connectivity index (χ1) is 7.45. The van der Waals surface area contributed by atoms with Crippen LogP contribution in [0.3, 0.4) is 0 Å². The standard InChI is InChI=1S/C13H29NOS/c1-4-5-6-7-8-9-10-11-16(15)12-13(2,3)14/h4-12,14H2,1-3H3. The van der Waals surface area contributed by atoms with Crippen LogP contribution in [-0.4, -0.2) is 21.3 Å². The maximum Gasteiger partial charge on any atom is 0.0409 e. The van der Waals surface area contributed by atoms with Crippen molar-refractivity contribution in [1.82, 2.24) is 0 Å². The van der Waals surface area contributed by atoms with Crippen LogP contribution in [0.5, 0.6) is 0 Å². The SMILES string of the molecule is CCCCCCCCCS(=O)CC(C)(C)N. The number of hydrogen-bond acceptors (Lipinski definition) is 2. The summed E-state index contributed by atoms with van der Waals surface area (Å²) in [4.78, 5) is 0. The van der Waals surface area contributed by atoms with Gasteiger partial charge in [0.2, 0.25) is 0 Å². The summed E-state index contributed by atoms with van der Waals surface area (Å²) in [5, 5.41) is 0. The van der Waals surface area contributed by atoms with Crippen molar-refractivity contribution in [3.63, 3.8) is 0 Å². The maximum atomic E-state index is 11.6. The van der Waals surface area contributed by atoms with Crippen molar-refractivity contribution in [2.24, 2.45) is 5.73 Å². The molecule has 0 heterocycles. The summed E-state index contributed by atoms with van der Waals surface area (Å²) in [5.74, 6) is 1.46. The molecule has 0 saturated carbocycles. The Morgan fingerprint density at radius 2 is 1.50 bits per heavy atom. The normalized spacial score (nSPS) is 14.0. The van der Waals surface area contributed by atoms with E-state index < -0.39 is 10.8 Å². The molecule has 1 atom stereocenters. The van der Waals surface area contributed by atoms with Gasteiger partial charge < -0.3 is 5.73 Å². The lowest BCUT2D eigenvalue weighted by Crippen LogP contribution is -2.38. The van der Waals surface area contributed by atoms with E-state index in [4.69, 9.17) is 5.73 Å². The third-order valence-electron chi connectivity index (χ3n) is 2.51. The Bertz CT molecular complexity index is 187. The zero-order valence-electron chi connectivity index (χ0n) is 11.3. The molecular weight excluding hydrogens is 218 g/mol. The van der Waals surface area contributed by atoms with Gasteiger partial charge in [-0.3, -0.25) is 4.21 Å². The minimum absolute atomic E-state index is 0.286. The summed E-state index contributed by atoms with van der Waals surface area (Å²) in [6.45, 7) is 6.11. The van der Waals surface area contributed by atoms with Crippen molar-refractivity contribution in [3.8, 4) is 0 Å². The van der Waals surface area contributed by atoms with E-state index >= 15 is 0 Å². The van der Waals surface area contributed by atoms with Crippen molar-refractivity contribution < 1.29 is 4.21 Å². The second-order valence-corrected chi connectivity index (χ2v) is 6.97. The third kappa shape index (κ3) is 12.2. The van der Waals surface area contributed by atoms with E-state index in [0.29, 0.717) is 5.75 Å². The molecule has 0 bridgehead atoms. The predicted molar refractivity (Wildman–Crippen MR) is 74.1 cm³/mol. The predicted octanol–water partition coefficient (Wildman–Crippen LogP) is 3.22. The van der Waals surface area contributed by atoms with E-state index in [-0.39, 0.29) is 5.54 Å². The van der Waals surface area contributed by atoms with Crippen LogP contribution in [-0.2, 0) is 10.8 Å². The molecule has 0 saturated heterocycles. The molecule has 3 heteroatoms. The number of nitrogens with two attached hydrogens (primary N) is 1. The van der Waals surface area contributed by atoms with Gasteiger partial charge in [-0.15, -0.1) is 0 Å². The lowest BCUT2D eigenvalue weighted by Gasteiger charge is -2.17. The molecule has 0 aliphatic carbocycles. The van der Waals surface area contributed by atoms with Crippen molar-refractivity contribution in [3.05, 3.63) is 0 Å². The molecule has 0 radical (unpaired) electrons. The Kier molecular flexibility index (Phi) is 9.24. The second-order valence-electron chi connectivity index (χ2n) is 5.40. The van der Waals surface area contributed by atoms with Crippen LogP contribution in [0.15, 0.2) is 0 Å². The van der Waals surface area contributed by atoms with E-state index in [1.54, 1.807) is 0 Å². The topological polar surface area (TPSA) is 43.1 Å². The van der Waals surface area contributed by atoms with Crippen LogP contribution in [0.1, 0.15) is 65.7 Å². The van der Waals surface area contributed by atoms with Crippen LogP contribution < -0.4 is 5.73 Å². The van der Waals surface area contributed by atoms with E-state index in [2.05, 4.69) is 6.92 Å². The van der Waals surface area contributed by atoms with Gasteiger partial charge in [0.25, 0.3) is 0 Å². The molecule has 0 fully saturated rings. The van der Waals surface area contributed by atoms with Crippen molar-refractivity contribution in [2.75, 3.05) is 11.5 Å². The largest absolute Gasteiger partial charge is 0.325 e. The fraction of sp³-hybridized carbons (Fsp3) is 1.00. The highest BCUT2D eigenvalue weighted by Crippen LogP contribution is 2.08. The van der Waals surface area contributed by atoms with Crippen molar-refractivity contribution in [1.29, 1.82) is 0 Å². The molecule has 0 aromatic heterocycles. The molecular formula is C13H29NOS. The Hall–Kier alpha value is 0.110. The van der Waals surface area contributed by atoms with Crippen LogP contribution in [0.2, 0.25) is 0 Å². The fourth-order valence-corrected chi connectivity index (χ4v) is 3.21. The van der Waals surface area contributed by atoms with Crippen molar-refractivity contribution >= 4 is 10.8 Å². The first-order valence-corrected chi connectivity index (χ1v) is 8.08. The van der Waals surface area contributed by atoms with Gasteiger partial charge in [-0.05, 0) is 20.3 Å². The molecule has 0 aliphatic heterocycles. The van der Waals surface area contributed by atoms with Crippen LogP contribution >= 0.6 is 0 Å². The monoisotopic (exact) mass is 247 g/mol.